The molecule has 1 rings (SSSR count). The average molecular weight is 249 g/mol. The first-order valence-corrected chi connectivity index (χ1v) is 6.48. The van der Waals surface area contributed by atoms with Gasteiger partial charge in [-0.05, 0) is 30.6 Å². The van der Waals surface area contributed by atoms with Crippen molar-refractivity contribution in [1.29, 1.82) is 0 Å². The standard InChI is InChI=1S/C13H25F2NO/c1-10-6-11(8-13(2,3)7-10)16-4-5-17-9-12(14)15/h10-12,16H,4-9H2,1-3H3. The Hall–Kier alpha value is -0.220. The molecule has 4 heteroatoms. The maximum atomic E-state index is 11.8. The summed E-state index contributed by atoms with van der Waals surface area (Å²) in [6.07, 6.45) is 1.25. The second-order valence-electron chi connectivity index (χ2n) is 6.03. The van der Waals surface area contributed by atoms with E-state index in [0.29, 0.717) is 24.6 Å². The quantitative estimate of drug-likeness (QED) is 0.730. The van der Waals surface area contributed by atoms with Gasteiger partial charge in [-0.15, -0.1) is 0 Å². The molecule has 1 saturated carbocycles. The monoisotopic (exact) mass is 249 g/mol. The molecule has 1 aliphatic carbocycles. The molecule has 1 aliphatic rings. The molecule has 2 nitrogen and oxygen atoms in total. The average Bonchev–Trinajstić information content (AvgIpc) is 2.13. The summed E-state index contributed by atoms with van der Waals surface area (Å²) in [5, 5.41) is 3.41. The van der Waals surface area contributed by atoms with Crippen molar-refractivity contribution in [3.05, 3.63) is 0 Å². The Kier molecular flexibility index (Phi) is 5.80. The second kappa shape index (κ2) is 6.64. The molecule has 0 aliphatic heterocycles. The van der Waals surface area contributed by atoms with E-state index in [4.69, 9.17) is 4.74 Å². The van der Waals surface area contributed by atoms with Gasteiger partial charge in [0.2, 0.25) is 0 Å². The van der Waals surface area contributed by atoms with E-state index in [1.807, 2.05) is 0 Å². The minimum Gasteiger partial charge on any atom is -0.374 e. The summed E-state index contributed by atoms with van der Waals surface area (Å²) in [7, 11) is 0. The molecule has 0 radical (unpaired) electrons. The molecule has 1 N–H and O–H groups in total. The SMILES string of the molecule is CC1CC(NCCOCC(F)F)CC(C)(C)C1. The number of nitrogens with one attached hydrogen (secondary N) is 1. The minimum absolute atomic E-state index is 0.371. The van der Waals surface area contributed by atoms with Crippen LogP contribution in [0.2, 0.25) is 0 Å². The smallest absolute Gasteiger partial charge is 0.261 e. The van der Waals surface area contributed by atoms with Crippen LogP contribution in [0.15, 0.2) is 0 Å². The number of hydrogen-bond acceptors (Lipinski definition) is 2. The molecule has 2 atom stereocenters. The van der Waals surface area contributed by atoms with Gasteiger partial charge in [0, 0.05) is 12.6 Å². The van der Waals surface area contributed by atoms with E-state index in [1.54, 1.807) is 0 Å². The lowest BCUT2D eigenvalue weighted by molar-refractivity contribution is 0.0170. The molecule has 102 valence electrons. The van der Waals surface area contributed by atoms with Crippen LogP contribution < -0.4 is 5.32 Å². The first kappa shape index (κ1) is 14.8. The van der Waals surface area contributed by atoms with Crippen LogP contribution >= 0.6 is 0 Å². The topological polar surface area (TPSA) is 21.3 Å². The molecule has 0 amide bonds. The zero-order chi connectivity index (χ0) is 12.9. The van der Waals surface area contributed by atoms with Crippen LogP contribution in [0.4, 0.5) is 8.78 Å². The van der Waals surface area contributed by atoms with Gasteiger partial charge in [-0.1, -0.05) is 20.8 Å². The maximum absolute atomic E-state index is 11.8. The minimum atomic E-state index is -2.36. The number of halogens is 2. The van der Waals surface area contributed by atoms with E-state index in [9.17, 15) is 8.78 Å². The highest BCUT2D eigenvalue weighted by Crippen LogP contribution is 2.38. The summed E-state index contributed by atoms with van der Waals surface area (Å²) in [6.45, 7) is 7.46. The van der Waals surface area contributed by atoms with Crippen LogP contribution in [0.5, 0.6) is 0 Å². The zero-order valence-corrected chi connectivity index (χ0v) is 11.1. The van der Waals surface area contributed by atoms with Crippen molar-refractivity contribution in [3.63, 3.8) is 0 Å². The molecule has 0 aromatic heterocycles. The van der Waals surface area contributed by atoms with Gasteiger partial charge in [-0.2, -0.15) is 0 Å². The third-order valence-corrected chi connectivity index (χ3v) is 3.31. The molecule has 0 aromatic rings. The van der Waals surface area contributed by atoms with Crippen molar-refractivity contribution in [2.45, 2.75) is 52.5 Å². The summed E-state index contributed by atoms with van der Waals surface area (Å²) in [5.41, 5.74) is 0.388. The number of hydrogen-bond donors (Lipinski definition) is 1. The van der Waals surface area contributed by atoms with Gasteiger partial charge in [0.25, 0.3) is 6.43 Å². The third kappa shape index (κ3) is 6.32. The van der Waals surface area contributed by atoms with Crippen molar-refractivity contribution in [2.75, 3.05) is 19.8 Å². The van der Waals surface area contributed by atoms with E-state index < -0.39 is 13.0 Å². The van der Waals surface area contributed by atoms with Crippen LogP contribution in [-0.2, 0) is 4.74 Å². The predicted molar refractivity (Wildman–Crippen MR) is 65.4 cm³/mol. The lowest BCUT2D eigenvalue weighted by Gasteiger charge is -2.39. The van der Waals surface area contributed by atoms with Crippen LogP contribution in [-0.4, -0.2) is 32.2 Å². The van der Waals surface area contributed by atoms with E-state index >= 15 is 0 Å². The number of ether oxygens (including phenoxy) is 1. The summed E-state index contributed by atoms with van der Waals surface area (Å²) in [6, 6.07) is 0.504. The van der Waals surface area contributed by atoms with Crippen molar-refractivity contribution < 1.29 is 13.5 Å². The van der Waals surface area contributed by atoms with Gasteiger partial charge in [0.15, 0.2) is 0 Å². The van der Waals surface area contributed by atoms with E-state index in [1.165, 1.54) is 12.8 Å². The molecular weight excluding hydrogens is 224 g/mol. The van der Waals surface area contributed by atoms with E-state index in [2.05, 4.69) is 26.1 Å². The normalized spacial score (nSPS) is 28.6. The highest BCUT2D eigenvalue weighted by atomic mass is 19.3. The molecule has 1 fully saturated rings. The van der Waals surface area contributed by atoms with E-state index in [-0.39, 0.29) is 0 Å². The Morgan fingerprint density at radius 1 is 1.35 bits per heavy atom. The Labute approximate surface area is 103 Å². The molecule has 2 unspecified atom stereocenters. The van der Waals surface area contributed by atoms with Gasteiger partial charge < -0.3 is 10.1 Å². The summed E-state index contributed by atoms with van der Waals surface area (Å²) in [5.74, 6) is 0.734. The molecule has 0 aromatic carbocycles. The highest BCUT2D eigenvalue weighted by molar-refractivity contribution is 4.86. The Bertz CT molecular complexity index is 221. The molecule has 0 heterocycles. The van der Waals surface area contributed by atoms with Crippen molar-refractivity contribution in [1.82, 2.24) is 5.32 Å². The Morgan fingerprint density at radius 3 is 2.65 bits per heavy atom. The van der Waals surface area contributed by atoms with Crippen LogP contribution in [0.3, 0.4) is 0 Å². The van der Waals surface area contributed by atoms with Crippen molar-refractivity contribution >= 4 is 0 Å². The van der Waals surface area contributed by atoms with E-state index in [0.717, 1.165) is 12.3 Å². The molecular formula is C13H25F2NO. The zero-order valence-electron chi connectivity index (χ0n) is 11.1. The fraction of sp³-hybridized carbons (Fsp3) is 1.00. The van der Waals surface area contributed by atoms with Gasteiger partial charge in [-0.3, -0.25) is 0 Å². The van der Waals surface area contributed by atoms with Crippen LogP contribution in [0, 0.1) is 11.3 Å². The van der Waals surface area contributed by atoms with Gasteiger partial charge in [-0.25, -0.2) is 8.78 Å². The molecule has 0 spiro atoms. The molecule has 0 saturated heterocycles. The van der Waals surface area contributed by atoms with Gasteiger partial charge in [0.05, 0.1) is 6.61 Å². The Balaban J connectivity index is 2.14. The highest BCUT2D eigenvalue weighted by Gasteiger charge is 2.31. The maximum Gasteiger partial charge on any atom is 0.261 e. The largest absolute Gasteiger partial charge is 0.374 e. The molecule has 0 bridgehead atoms. The lowest BCUT2D eigenvalue weighted by Crippen LogP contribution is -2.41. The fourth-order valence-electron chi connectivity index (χ4n) is 3.01. The summed E-state index contributed by atoms with van der Waals surface area (Å²) in [4.78, 5) is 0. The summed E-state index contributed by atoms with van der Waals surface area (Å²) >= 11 is 0. The summed E-state index contributed by atoms with van der Waals surface area (Å²) < 4.78 is 28.5. The van der Waals surface area contributed by atoms with Gasteiger partial charge in [0.1, 0.15) is 6.61 Å². The van der Waals surface area contributed by atoms with Crippen LogP contribution in [0.25, 0.3) is 0 Å². The first-order chi connectivity index (χ1) is 7.89. The first-order valence-electron chi connectivity index (χ1n) is 6.48. The third-order valence-electron chi connectivity index (χ3n) is 3.31. The fourth-order valence-corrected chi connectivity index (χ4v) is 3.01. The lowest BCUT2D eigenvalue weighted by atomic mass is 9.70. The van der Waals surface area contributed by atoms with Gasteiger partial charge >= 0.3 is 0 Å². The van der Waals surface area contributed by atoms with Crippen LogP contribution in [0.1, 0.15) is 40.0 Å². The predicted octanol–water partition coefficient (Wildman–Crippen LogP) is 3.07. The second-order valence-corrected chi connectivity index (χ2v) is 6.03. The Morgan fingerprint density at radius 2 is 2.06 bits per heavy atom. The molecule has 17 heavy (non-hydrogen) atoms. The van der Waals surface area contributed by atoms with Crippen molar-refractivity contribution in [3.8, 4) is 0 Å². The van der Waals surface area contributed by atoms with Crippen molar-refractivity contribution in [2.24, 2.45) is 11.3 Å². The number of rotatable bonds is 6. The number of alkyl halides is 2.